The first-order chi connectivity index (χ1) is 6.83. The number of nitrogens with one attached hydrogen (secondary N) is 1. The second-order valence-electron chi connectivity index (χ2n) is 3.06. The van der Waals surface area contributed by atoms with Crippen LogP contribution >= 0.6 is 0 Å². The molecule has 1 heterocycles. The predicted molar refractivity (Wildman–Crippen MR) is 53.4 cm³/mol. The van der Waals surface area contributed by atoms with Crippen LogP contribution in [0.1, 0.15) is 5.56 Å². The van der Waals surface area contributed by atoms with Gasteiger partial charge in [0.25, 0.3) is 5.91 Å². The number of carbonyl (C=O) groups excluding carboxylic acids is 1. The van der Waals surface area contributed by atoms with Crippen molar-refractivity contribution in [3.63, 3.8) is 0 Å². The summed E-state index contributed by atoms with van der Waals surface area (Å²) in [6.45, 7) is 0.548. The van der Waals surface area contributed by atoms with E-state index in [9.17, 15) is 4.79 Å². The number of methoxy groups -OCH3 is 1. The fourth-order valence-electron chi connectivity index (χ4n) is 1.55. The summed E-state index contributed by atoms with van der Waals surface area (Å²) in [4.78, 5) is 11.3. The van der Waals surface area contributed by atoms with Crippen molar-refractivity contribution in [3.8, 4) is 0 Å². The molecule has 3 nitrogen and oxygen atoms in total. The van der Waals surface area contributed by atoms with Crippen molar-refractivity contribution >= 4 is 11.5 Å². The van der Waals surface area contributed by atoms with Gasteiger partial charge >= 0.3 is 0 Å². The number of carbonyl (C=O) groups is 1. The maximum Gasteiger partial charge on any atom is 0.286 e. The van der Waals surface area contributed by atoms with E-state index in [0.717, 1.165) is 11.1 Å². The summed E-state index contributed by atoms with van der Waals surface area (Å²) >= 11 is 0. The van der Waals surface area contributed by atoms with Crippen LogP contribution in [-0.2, 0) is 9.53 Å². The zero-order chi connectivity index (χ0) is 9.97. The zero-order valence-corrected chi connectivity index (χ0v) is 7.91. The number of hydrogen-bond acceptors (Lipinski definition) is 2. The van der Waals surface area contributed by atoms with Gasteiger partial charge in [-0.2, -0.15) is 0 Å². The number of rotatable bonds is 2. The van der Waals surface area contributed by atoms with Crippen molar-refractivity contribution in [2.75, 3.05) is 13.7 Å². The minimum atomic E-state index is -0.133. The van der Waals surface area contributed by atoms with Crippen LogP contribution in [0, 0.1) is 0 Å². The van der Waals surface area contributed by atoms with Crippen LogP contribution in [-0.4, -0.2) is 19.6 Å². The average Bonchev–Trinajstić information content (AvgIpc) is 2.61. The molecule has 0 saturated heterocycles. The lowest BCUT2D eigenvalue weighted by atomic mass is 10.1. The molecule has 1 aromatic rings. The summed E-state index contributed by atoms with van der Waals surface area (Å²) in [6.07, 6.45) is 0. The highest BCUT2D eigenvalue weighted by atomic mass is 16.5. The minimum absolute atomic E-state index is 0.133. The van der Waals surface area contributed by atoms with Crippen LogP contribution in [0.15, 0.2) is 36.1 Å². The van der Waals surface area contributed by atoms with Crippen LogP contribution in [0.25, 0.3) is 5.57 Å². The topological polar surface area (TPSA) is 38.3 Å². The fraction of sp³-hybridized carbons (Fsp3) is 0.182. The highest BCUT2D eigenvalue weighted by Gasteiger charge is 2.23. The molecule has 2 rings (SSSR count). The third-order valence-electron chi connectivity index (χ3n) is 2.23. The van der Waals surface area contributed by atoms with Crippen molar-refractivity contribution < 1.29 is 9.53 Å². The Balaban J connectivity index is 2.44. The zero-order valence-electron chi connectivity index (χ0n) is 7.91. The molecule has 1 N–H and O–H groups in total. The van der Waals surface area contributed by atoms with Crippen molar-refractivity contribution in [2.24, 2.45) is 0 Å². The van der Waals surface area contributed by atoms with Crippen molar-refractivity contribution in [1.29, 1.82) is 0 Å². The first-order valence-electron chi connectivity index (χ1n) is 4.43. The molecule has 0 unspecified atom stereocenters. The van der Waals surface area contributed by atoms with E-state index >= 15 is 0 Å². The Hall–Kier alpha value is -1.77. The Morgan fingerprint density at radius 1 is 1.29 bits per heavy atom. The van der Waals surface area contributed by atoms with Gasteiger partial charge in [-0.3, -0.25) is 4.79 Å². The molecular formula is C11H11NO2. The van der Waals surface area contributed by atoms with E-state index in [1.165, 1.54) is 7.11 Å². The molecule has 14 heavy (non-hydrogen) atoms. The van der Waals surface area contributed by atoms with Crippen LogP contribution in [0.4, 0.5) is 0 Å². The lowest BCUT2D eigenvalue weighted by Gasteiger charge is -2.02. The minimum Gasteiger partial charge on any atom is -0.491 e. The van der Waals surface area contributed by atoms with E-state index in [0.29, 0.717) is 12.3 Å². The van der Waals surface area contributed by atoms with Gasteiger partial charge in [0.2, 0.25) is 0 Å². The summed E-state index contributed by atoms with van der Waals surface area (Å²) in [6, 6.07) is 9.76. The Morgan fingerprint density at radius 2 is 2.00 bits per heavy atom. The monoisotopic (exact) mass is 189 g/mol. The maximum atomic E-state index is 11.3. The van der Waals surface area contributed by atoms with E-state index in [1.807, 2.05) is 30.3 Å². The van der Waals surface area contributed by atoms with E-state index in [1.54, 1.807) is 0 Å². The number of ether oxygens (including phenoxy) is 1. The van der Waals surface area contributed by atoms with Crippen LogP contribution in [0.2, 0.25) is 0 Å². The van der Waals surface area contributed by atoms with E-state index in [-0.39, 0.29) is 5.91 Å². The van der Waals surface area contributed by atoms with Crippen LogP contribution in [0.5, 0.6) is 0 Å². The Morgan fingerprint density at radius 3 is 2.64 bits per heavy atom. The quantitative estimate of drug-likeness (QED) is 0.758. The molecule has 1 amide bonds. The van der Waals surface area contributed by atoms with Crippen molar-refractivity contribution in [2.45, 2.75) is 0 Å². The lowest BCUT2D eigenvalue weighted by molar-refractivity contribution is -0.119. The molecule has 3 heteroatoms. The van der Waals surface area contributed by atoms with Gasteiger partial charge in [0.05, 0.1) is 7.11 Å². The third-order valence-corrected chi connectivity index (χ3v) is 2.23. The van der Waals surface area contributed by atoms with E-state index in [2.05, 4.69) is 5.32 Å². The van der Waals surface area contributed by atoms with Crippen LogP contribution < -0.4 is 5.32 Å². The fourth-order valence-corrected chi connectivity index (χ4v) is 1.55. The van der Waals surface area contributed by atoms with Gasteiger partial charge < -0.3 is 10.1 Å². The summed E-state index contributed by atoms with van der Waals surface area (Å²) < 4.78 is 5.06. The maximum absolute atomic E-state index is 11.3. The van der Waals surface area contributed by atoms with Gasteiger partial charge in [-0.15, -0.1) is 0 Å². The highest BCUT2D eigenvalue weighted by Crippen LogP contribution is 2.22. The van der Waals surface area contributed by atoms with Gasteiger partial charge in [-0.1, -0.05) is 30.3 Å². The number of amides is 1. The molecule has 0 saturated carbocycles. The summed E-state index contributed by atoms with van der Waals surface area (Å²) in [5.74, 6) is 0.294. The molecule has 1 aliphatic heterocycles. The molecule has 1 aromatic carbocycles. The van der Waals surface area contributed by atoms with Gasteiger partial charge in [0.15, 0.2) is 5.76 Å². The standard InChI is InChI=1S/C11H11NO2/c1-14-10-9(7-12-11(10)13)8-5-3-2-4-6-8/h2-6H,7H2,1H3,(H,12,13). The molecule has 0 aliphatic carbocycles. The van der Waals surface area contributed by atoms with Gasteiger partial charge in [0, 0.05) is 12.1 Å². The van der Waals surface area contributed by atoms with Crippen LogP contribution in [0.3, 0.4) is 0 Å². The molecule has 0 fully saturated rings. The summed E-state index contributed by atoms with van der Waals surface area (Å²) in [7, 11) is 1.52. The average molecular weight is 189 g/mol. The Bertz CT molecular complexity index is 382. The number of hydrogen-bond donors (Lipinski definition) is 1. The lowest BCUT2D eigenvalue weighted by Crippen LogP contribution is -2.17. The SMILES string of the molecule is COC1=C(c2ccccc2)CNC1=O. The second kappa shape index (κ2) is 3.54. The Labute approximate surface area is 82.4 Å². The summed E-state index contributed by atoms with van der Waals surface area (Å²) in [5.41, 5.74) is 1.96. The largest absolute Gasteiger partial charge is 0.491 e. The highest BCUT2D eigenvalue weighted by molar-refractivity contribution is 6.04. The van der Waals surface area contributed by atoms with Crippen molar-refractivity contribution in [3.05, 3.63) is 41.7 Å². The first kappa shape index (κ1) is 8.81. The van der Waals surface area contributed by atoms with Crippen molar-refractivity contribution in [1.82, 2.24) is 5.32 Å². The molecule has 0 aromatic heterocycles. The van der Waals surface area contributed by atoms with Gasteiger partial charge in [-0.25, -0.2) is 0 Å². The smallest absolute Gasteiger partial charge is 0.286 e. The summed E-state index contributed by atoms with van der Waals surface area (Å²) in [5, 5.41) is 2.73. The molecule has 72 valence electrons. The second-order valence-corrected chi connectivity index (χ2v) is 3.06. The molecular weight excluding hydrogens is 178 g/mol. The predicted octanol–water partition coefficient (Wildman–Crippen LogP) is 1.17. The first-order valence-corrected chi connectivity index (χ1v) is 4.43. The third kappa shape index (κ3) is 1.37. The molecule has 0 atom stereocenters. The molecule has 1 aliphatic rings. The molecule has 0 spiro atoms. The normalized spacial score (nSPS) is 15.6. The van der Waals surface area contributed by atoms with E-state index in [4.69, 9.17) is 4.74 Å². The van der Waals surface area contributed by atoms with Gasteiger partial charge in [-0.05, 0) is 5.56 Å². The molecule has 0 bridgehead atoms. The molecule has 0 radical (unpaired) electrons. The van der Waals surface area contributed by atoms with E-state index < -0.39 is 0 Å². The number of benzene rings is 1. The van der Waals surface area contributed by atoms with Gasteiger partial charge in [0.1, 0.15) is 0 Å². The Kier molecular flexibility index (Phi) is 2.23.